The molecule has 0 bridgehead atoms. The number of nitrogen functional groups attached to an aromatic ring is 1. The van der Waals surface area contributed by atoms with E-state index in [0.29, 0.717) is 28.4 Å². The Morgan fingerprint density at radius 3 is 2.59 bits per heavy atom. The van der Waals surface area contributed by atoms with E-state index in [-0.39, 0.29) is 5.82 Å². The average Bonchev–Trinajstić information content (AvgIpc) is 2.62. The normalized spacial score (nSPS) is 10.6. The molecule has 0 radical (unpaired) electrons. The lowest BCUT2D eigenvalue weighted by atomic mass is 10.1. The third kappa shape index (κ3) is 1.95. The predicted molar refractivity (Wildman–Crippen MR) is 64.3 cm³/mol. The van der Waals surface area contributed by atoms with Crippen LogP contribution in [0.5, 0.6) is 5.75 Å². The van der Waals surface area contributed by atoms with Gasteiger partial charge in [0.05, 0.1) is 12.8 Å². The molecule has 4 nitrogen and oxygen atoms in total. The van der Waals surface area contributed by atoms with Crippen molar-refractivity contribution in [2.75, 3.05) is 12.8 Å². The van der Waals surface area contributed by atoms with Crippen molar-refractivity contribution in [3.8, 4) is 17.0 Å². The first kappa shape index (κ1) is 11.4. The molecule has 0 amide bonds. The van der Waals surface area contributed by atoms with Crippen molar-refractivity contribution in [1.82, 2.24) is 9.78 Å². The average molecular weight is 235 g/mol. The molecule has 0 aliphatic heterocycles. The number of nitrogens with zero attached hydrogens (tertiary/aromatic N) is 2. The number of benzene rings is 1. The standard InChI is InChI=1S/C12H14FN3O/c1-7-4-8(17-3)5-9(12(7)13)10-6-11(14)16(2)15-10/h4-6H,14H2,1-3H3. The molecule has 2 rings (SSSR count). The van der Waals surface area contributed by atoms with Crippen LogP contribution in [0.4, 0.5) is 10.2 Å². The highest BCUT2D eigenvalue weighted by Crippen LogP contribution is 2.29. The van der Waals surface area contributed by atoms with Crippen LogP contribution in [0.15, 0.2) is 18.2 Å². The van der Waals surface area contributed by atoms with Gasteiger partial charge in [0.1, 0.15) is 17.4 Å². The summed E-state index contributed by atoms with van der Waals surface area (Å²) in [6.45, 7) is 1.69. The zero-order chi connectivity index (χ0) is 12.6. The number of hydrogen-bond donors (Lipinski definition) is 1. The monoisotopic (exact) mass is 235 g/mol. The Labute approximate surface area is 98.8 Å². The molecule has 17 heavy (non-hydrogen) atoms. The van der Waals surface area contributed by atoms with Crippen LogP contribution in [-0.2, 0) is 7.05 Å². The summed E-state index contributed by atoms with van der Waals surface area (Å²) in [6, 6.07) is 4.90. The van der Waals surface area contributed by atoms with Gasteiger partial charge >= 0.3 is 0 Å². The second-order valence-electron chi connectivity index (χ2n) is 3.88. The topological polar surface area (TPSA) is 53.1 Å². The minimum atomic E-state index is -0.302. The summed E-state index contributed by atoms with van der Waals surface area (Å²) in [5.41, 5.74) is 7.10. The van der Waals surface area contributed by atoms with Crippen LogP contribution in [-0.4, -0.2) is 16.9 Å². The zero-order valence-electron chi connectivity index (χ0n) is 9.99. The highest BCUT2D eigenvalue weighted by Gasteiger charge is 2.13. The summed E-state index contributed by atoms with van der Waals surface area (Å²) in [5, 5.41) is 4.15. The third-order valence-electron chi connectivity index (χ3n) is 2.66. The smallest absolute Gasteiger partial charge is 0.135 e. The van der Waals surface area contributed by atoms with Crippen molar-refractivity contribution in [2.45, 2.75) is 6.92 Å². The summed E-state index contributed by atoms with van der Waals surface area (Å²) in [4.78, 5) is 0. The number of aryl methyl sites for hydroxylation is 2. The summed E-state index contributed by atoms with van der Waals surface area (Å²) < 4.78 is 20.6. The highest BCUT2D eigenvalue weighted by molar-refractivity contribution is 5.66. The fraction of sp³-hybridized carbons (Fsp3) is 0.250. The van der Waals surface area contributed by atoms with Crippen molar-refractivity contribution >= 4 is 5.82 Å². The van der Waals surface area contributed by atoms with Crippen molar-refractivity contribution in [2.24, 2.45) is 7.05 Å². The molecule has 0 atom stereocenters. The molecule has 0 fully saturated rings. The largest absolute Gasteiger partial charge is 0.497 e. The van der Waals surface area contributed by atoms with E-state index in [1.807, 2.05) is 0 Å². The number of rotatable bonds is 2. The Bertz CT molecular complexity index is 544. The van der Waals surface area contributed by atoms with Crippen LogP contribution >= 0.6 is 0 Å². The van der Waals surface area contributed by atoms with E-state index in [0.717, 1.165) is 0 Å². The Morgan fingerprint density at radius 2 is 2.06 bits per heavy atom. The lowest BCUT2D eigenvalue weighted by molar-refractivity contribution is 0.413. The van der Waals surface area contributed by atoms with E-state index in [9.17, 15) is 4.39 Å². The number of methoxy groups -OCH3 is 1. The lowest BCUT2D eigenvalue weighted by Gasteiger charge is -2.06. The van der Waals surface area contributed by atoms with Gasteiger partial charge in [-0.05, 0) is 24.6 Å². The quantitative estimate of drug-likeness (QED) is 0.867. The van der Waals surface area contributed by atoms with Gasteiger partial charge in [0.25, 0.3) is 0 Å². The van der Waals surface area contributed by atoms with Crippen molar-refractivity contribution in [3.63, 3.8) is 0 Å². The van der Waals surface area contributed by atoms with E-state index >= 15 is 0 Å². The maximum absolute atomic E-state index is 14.0. The van der Waals surface area contributed by atoms with Gasteiger partial charge in [-0.1, -0.05) is 0 Å². The van der Waals surface area contributed by atoms with Crippen LogP contribution in [0, 0.1) is 12.7 Å². The highest BCUT2D eigenvalue weighted by atomic mass is 19.1. The van der Waals surface area contributed by atoms with E-state index in [4.69, 9.17) is 10.5 Å². The fourth-order valence-corrected chi connectivity index (χ4v) is 1.65. The second-order valence-corrected chi connectivity index (χ2v) is 3.88. The molecule has 5 heteroatoms. The van der Waals surface area contributed by atoms with Gasteiger partial charge in [-0.2, -0.15) is 5.10 Å². The molecule has 0 spiro atoms. The molecule has 0 unspecified atom stereocenters. The summed E-state index contributed by atoms with van der Waals surface area (Å²) in [7, 11) is 3.26. The first-order chi connectivity index (χ1) is 8.02. The molecule has 0 aliphatic carbocycles. The number of aromatic nitrogens is 2. The molecule has 90 valence electrons. The Balaban J connectivity index is 2.61. The van der Waals surface area contributed by atoms with Crippen LogP contribution in [0.1, 0.15) is 5.56 Å². The molecule has 0 saturated carbocycles. The molecule has 0 aliphatic rings. The van der Waals surface area contributed by atoms with Gasteiger partial charge in [-0.15, -0.1) is 0 Å². The van der Waals surface area contributed by atoms with Gasteiger partial charge in [-0.3, -0.25) is 4.68 Å². The Hall–Kier alpha value is -2.04. The maximum atomic E-state index is 14.0. The number of ether oxygens (including phenoxy) is 1. The Morgan fingerprint density at radius 1 is 1.35 bits per heavy atom. The van der Waals surface area contributed by atoms with Crippen LogP contribution < -0.4 is 10.5 Å². The number of nitrogens with two attached hydrogens (primary N) is 1. The molecule has 1 aromatic heterocycles. The first-order valence-electron chi connectivity index (χ1n) is 5.17. The minimum absolute atomic E-state index is 0.302. The molecule has 1 aromatic carbocycles. The zero-order valence-corrected chi connectivity index (χ0v) is 9.99. The molecule has 2 N–H and O–H groups in total. The van der Waals surface area contributed by atoms with Crippen molar-refractivity contribution in [1.29, 1.82) is 0 Å². The van der Waals surface area contributed by atoms with Gasteiger partial charge in [0.15, 0.2) is 0 Å². The van der Waals surface area contributed by atoms with Crippen LogP contribution in [0.25, 0.3) is 11.3 Å². The Kier molecular flexibility index (Phi) is 2.75. The molecular formula is C12H14FN3O. The predicted octanol–water partition coefficient (Wildman–Crippen LogP) is 2.13. The summed E-state index contributed by atoms with van der Waals surface area (Å²) >= 11 is 0. The SMILES string of the molecule is COc1cc(C)c(F)c(-c2cc(N)n(C)n2)c1. The molecule has 2 aromatic rings. The maximum Gasteiger partial charge on any atom is 0.135 e. The third-order valence-corrected chi connectivity index (χ3v) is 2.66. The van der Waals surface area contributed by atoms with Gasteiger partial charge in [0, 0.05) is 18.7 Å². The van der Waals surface area contributed by atoms with E-state index in [1.54, 1.807) is 39.3 Å². The number of halogens is 1. The second kappa shape index (κ2) is 4.08. The van der Waals surface area contributed by atoms with Gasteiger partial charge in [-0.25, -0.2) is 4.39 Å². The lowest BCUT2D eigenvalue weighted by Crippen LogP contribution is -1.97. The van der Waals surface area contributed by atoms with Crippen LogP contribution in [0.3, 0.4) is 0 Å². The first-order valence-corrected chi connectivity index (χ1v) is 5.17. The van der Waals surface area contributed by atoms with E-state index in [1.165, 1.54) is 4.68 Å². The number of anilines is 1. The van der Waals surface area contributed by atoms with Gasteiger partial charge < -0.3 is 10.5 Å². The van der Waals surface area contributed by atoms with Crippen molar-refractivity contribution in [3.05, 3.63) is 29.6 Å². The number of hydrogen-bond acceptors (Lipinski definition) is 3. The molecule has 1 heterocycles. The summed E-state index contributed by atoms with van der Waals surface area (Å²) in [6.07, 6.45) is 0. The van der Waals surface area contributed by atoms with E-state index < -0.39 is 0 Å². The van der Waals surface area contributed by atoms with Crippen molar-refractivity contribution < 1.29 is 9.13 Å². The van der Waals surface area contributed by atoms with Gasteiger partial charge in [0.2, 0.25) is 0 Å². The minimum Gasteiger partial charge on any atom is -0.497 e. The van der Waals surface area contributed by atoms with Crippen LogP contribution in [0.2, 0.25) is 0 Å². The molecular weight excluding hydrogens is 221 g/mol. The fourth-order valence-electron chi connectivity index (χ4n) is 1.65. The summed E-state index contributed by atoms with van der Waals surface area (Å²) in [5.74, 6) is 0.784. The van der Waals surface area contributed by atoms with E-state index in [2.05, 4.69) is 5.10 Å². The molecule has 0 saturated heterocycles.